The number of H-pyrrole nitrogens is 1. The summed E-state index contributed by atoms with van der Waals surface area (Å²) in [6, 6.07) is 9.64. The van der Waals surface area contributed by atoms with Gasteiger partial charge in [-0.25, -0.2) is 22.2 Å². The van der Waals surface area contributed by atoms with E-state index in [1.54, 1.807) is 12.1 Å². The van der Waals surface area contributed by atoms with Crippen LogP contribution in [0, 0.1) is 11.6 Å². The third-order valence-corrected chi connectivity index (χ3v) is 7.43. The zero-order valence-electron chi connectivity index (χ0n) is 21.0. The second-order valence-corrected chi connectivity index (χ2v) is 10.6. The summed E-state index contributed by atoms with van der Waals surface area (Å²) in [5.74, 6) is -2.57. The van der Waals surface area contributed by atoms with Gasteiger partial charge in [0.05, 0.1) is 22.9 Å². The highest BCUT2D eigenvalue weighted by Gasteiger charge is 2.29. The fraction of sp³-hybridized carbons (Fsp3) is 0.240. The number of aromatic amines is 1. The van der Waals surface area contributed by atoms with Gasteiger partial charge in [0.25, 0.3) is 5.91 Å². The minimum Gasteiger partial charge on any atom is -0.505 e. The Bertz CT molecular complexity index is 1640. The molecule has 10 nitrogen and oxygen atoms in total. The fourth-order valence-electron chi connectivity index (χ4n) is 4.09. The van der Waals surface area contributed by atoms with E-state index in [-0.39, 0.29) is 28.2 Å². The van der Waals surface area contributed by atoms with E-state index in [1.165, 1.54) is 38.4 Å². The number of rotatable bonds is 8. The first-order chi connectivity index (χ1) is 18.0. The molecule has 2 heterocycles. The minimum absolute atomic E-state index is 0.00383. The smallest absolute Gasteiger partial charge is 0.272 e. The summed E-state index contributed by atoms with van der Waals surface area (Å²) in [7, 11) is -1.15. The molecule has 0 fully saturated rings. The van der Waals surface area contributed by atoms with Gasteiger partial charge in [0.15, 0.2) is 17.3 Å². The summed E-state index contributed by atoms with van der Waals surface area (Å²) in [6.07, 6.45) is 0.141. The van der Waals surface area contributed by atoms with Crippen molar-refractivity contribution < 1.29 is 27.1 Å². The molecule has 13 heteroatoms. The van der Waals surface area contributed by atoms with Crippen LogP contribution in [0.1, 0.15) is 34.7 Å². The third kappa shape index (κ3) is 5.02. The summed E-state index contributed by atoms with van der Waals surface area (Å²) >= 11 is 0. The predicted molar refractivity (Wildman–Crippen MR) is 139 cm³/mol. The van der Waals surface area contributed by atoms with Gasteiger partial charge in [0.2, 0.25) is 10.0 Å². The molecule has 2 aromatic carbocycles. The Hall–Kier alpha value is -4.10. The van der Waals surface area contributed by atoms with Crippen molar-refractivity contribution in [2.45, 2.75) is 19.5 Å². The summed E-state index contributed by atoms with van der Waals surface area (Å²) in [5.41, 5.74) is 1.51. The average molecular weight is 545 g/mol. The lowest BCUT2D eigenvalue weighted by Gasteiger charge is -2.28. The standard InChI is InChI=1S/C25H26F2N6O4S/c1-5-13-10-20(34)17(27)11-15(13)18-12-19-21(22(32-31-19)25(35)28-2)23(29-18)30-24(33(3)38(4,36)37)14-8-6-7-9-16(14)26/h6-12,24,34H,5H2,1-4H3,(H,28,35)(H,29,30)(H,31,32). The van der Waals surface area contributed by atoms with Crippen LogP contribution in [-0.2, 0) is 16.4 Å². The van der Waals surface area contributed by atoms with Crippen molar-refractivity contribution in [3.8, 4) is 17.0 Å². The lowest BCUT2D eigenvalue weighted by Crippen LogP contribution is -2.35. The summed E-state index contributed by atoms with van der Waals surface area (Å²) in [5, 5.41) is 22.4. The number of phenolic OH excluding ortho intramolecular Hbond substituents is 1. The Balaban J connectivity index is 2.00. The maximum atomic E-state index is 14.9. The Morgan fingerprint density at radius 3 is 2.53 bits per heavy atom. The molecule has 0 aliphatic heterocycles. The number of amides is 1. The van der Waals surface area contributed by atoms with Crippen LogP contribution in [0.3, 0.4) is 0 Å². The summed E-state index contributed by atoms with van der Waals surface area (Å²) in [4.78, 5) is 17.2. The zero-order chi connectivity index (χ0) is 27.8. The molecular weight excluding hydrogens is 518 g/mol. The first kappa shape index (κ1) is 26.9. The molecule has 0 radical (unpaired) electrons. The van der Waals surface area contributed by atoms with E-state index in [2.05, 4.69) is 25.8 Å². The van der Waals surface area contributed by atoms with Gasteiger partial charge in [-0.3, -0.25) is 9.89 Å². The second kappa shape index (κ2) is 10.3. The number of aromatic hydroxyl groups is 1. The quantitative estimate of drug-likeness (QED) is 0.249. The lowest BCUT2D eigenvalue weighted by molar-refractivity contribution is 0.0959. The highest BCUT2D eigenvalue weighted by molar-refractivity contribution is 7.88. The average Bonchev–Trinajstić information content (AvgIpc) is 3.32. The number of nitrogens with zero attached hydrogens (tertiary/aromatic N) is 3. The topological polar surface area (TPSA) is 140 Å². The first-order valence-electron chi connectivity index (χ1n) is 11.5. The number of anilines is 1. The van der Waals surface area contributed by atoms with E-state index in [9.17, 15) is 27.1 Å². The van der Waals surface area contributed by atoms with Crippen LogP contribution in [-0.4, -0.2) is 59.3 Å². The molecule has 0 aliphatic rings. The number of halogens is 2. The molecule has 4 rings (SSSR count). The van der Waals surface area contributed by atoms with Crippen molar-refractivity contribution in [2.24, 2.45) is 0 Å². The molecule has 1 amide bonds. The van der Waals surface area contributed by atoms with E-state index in [4.69, 9.17) is 0 Å². The minimum atomic E-state index is -3.85. The molecule has 38 heavy (non-hydrogen) atoms. The number of hydrogen-bond donors (Lipinski definition) is 4. The summed E-state index contributed by atoms with van der Waals surface area (Å²) < 4.78 is 55.3. The van der Waals surface area contributed by atoms with Crippen LogP contribution < -0.4 is 10.6 Å². The molecule has 1 unspecified atom stereocenters. The number of aryl methyl sites for hydroxylation is 1. The number of carbonyl (C=O) groups is 1. The molecule has 4 aromatic rings. The molecular formula is C25H26F2N6O4S. The van der Waals surface area contributed by atoms with E-state index in [0.29, 0.717) is 23.1 Å². The molecule has 0 aliphatic carbocycles. The van der Waals surface area contributed by atoms with E-state index < -0.39 is 39.5 Å². The number of sulfonamides is 1. The van der Waals surface area contributed by atoms with Gasteiger partial charge in [-0.2, -0.15) is 9.40 Å². The van der Waals surface area contributed by atoms with Crippen molar-refractivity contribution in [3.05, 3.63) is 70.9 Å². The zero-order valence-corrected chi connectivity index (χ0v) is 21.8. The van der Waals surface area contributed by atoms with Gasteiger partial charge < -0.3 is 15.7 Å². The number of nitrogens with one attached hydrogen (secondary N) is 3. The molecule has 4 N–H and O–H groups in total. The Morgan fingerprint density at radius 1 is 1.18 bits per heavy atom. The van der Waals surface area contributed by atoms with E-state index in [0.717, 1.165) is 16.6 Å². The molecule has 2 aromatic heterocycles. The van der Waals surface area contributed by atoms with Crippen LogP contribution >= 0.6 is 0 Å². The number of pyridine rings is 1. The van der Waals surface area contributed by atoms with Crippen molar-refractivity contribution in [2.75, 3.05) is 25.7 Å². The van der Waals surface area contributed by atoms with Crippen LogP contribution in [0.15, 0.2) is 42.5 Å². The molecule has 0 saturated carbocycles. The predicted octanol–water partition coefficient (Wildman–Crippen LogP) is 3.53. The normalized spacial score (nSPS) is 12.6. The highest BCUT2D eigenvalue weighted by atomic mass is 32.2. The fourth-order valence-corrected chi connectivity index (χ4v) is 4.64. The van der Waals surface area contributed by atoms with Gasteiger partial charge in [-0.1, -0.05) is 25.1 Å². The van der Waals surface area contributed by atoms with Gasteiger partial charge in [-0.15, -0.1) is 0 Å². The van der Waals surface area contributed by atoms with Gasteiger partial charge >= 0.3 is 0 Å². The van der Waals surface area contributed by atoms with Crippen molar-refractivity contribution in [1.82, 2.24) is 24.8 Å². The SMILES string of the molecule is CCc1cc(O)c(F)cc1-c1cc2[nH]nc(C(=O)NC)c2c(NC(c2ccccc2F)N(C)S(C)(=O)=O)n1. The van der Waals surface area contributed by atoms with Gasteiger partial charge in [0, 0.05) is 25.2 Å². The van der Waals surface area contributed by atoms with Crippen LogP contribution in [0.5, 0.6) is 5.75 Å². The second-order valence-electron chi connectivity index (χ2n) is 8.59. The number of hydrogen-bond acceptors (Lipinski definition) is 7. The van der Waals surface area contributed by atoms with E-state index in [1.807, 2.05) is 6.92 Å². The molecule has 200 valence electrons. The van der Waals surface area contributed by atoms with Gasteiger partial charge in [0.1, 0.15) is 17.8 Å². The molecule has 0 bridgehead atoms. The van der Waals surface area contributed by atoms with Crippen molar-refractivity contribution >= 4 is 32.7 Å². The Morgan fingerprint density at radius 2 is 1.89 bits per heavy atom. The van der Waals surface area contributed by atoms with Crippen molar-refractivity contribution in [3.63, 3.8) is 0 Å². The highest BCUT2D eigenvalue weighted by Crippen LogP contribution is 2.35. The maximum Gasteiger partial charge on any atom is 0.272 e. The number of fused-ring (bicyclic) bond motifs is 1. The van der Waals surface area contributed by atoms with Gasteiger partial charge in [-0.05, 0) is 36.2 Å². The number of carbonyl (C=O) groups excluding carboxylic acids is 1. The van der Waals surface area contributed by atoms with Crippen molar-refractivity contribution in [1.29, 1.82) is 0 Å². The summed E-state index contributed by atoms with van der Waals surface area (Å²) in [6.45, 7) is 1.82. The molecule has 0 spiro atoms. The number of benzene rings is 2. The van der Waals surface area contributed by atoms with Crippen LogP contribution in [0.25, 0.3) is 22.2 Å². The number of phenols is 1. The van der Waals surface area contributed by atoms with Crippen LogP contribution in [0.2, 0.25) is 0 Å². The largest absolute Gasteiger partial charge is 0.505 e. The maximum absolute atomic E-state index is 14.9. The Kier molecular flexibility index (Phi) is 7.33. The van der Waals surface area contributed by atoms with Crippen LogP contribution in [0.4, 0.5) is 14.6 Å². The third-order valence-electron chi connectivity index (χ3n) is 6.18. The molecule has 0 saturated heterocycles. The monoisotopic (exact) mass is 544 g/mol. The Labute approximate surface area is 217 Å². The molecule has 1 atom stereocenters. The van der Waals surface area contributed by atoms with E-state index >= 15 is 0 Å². The lowest BCUT2D eigenvalue weighted by atomic mass is 10.00. The number of aromatic nitrogens is 3. The first-order valence-corrected chi connectivity index (χ1v) is 13.4.